The summed E-state index contributed by atoms with van der Waals surface area (Å²) < 4.78 is 0. The molecule has 0 aliphatic rings. The van der Waals surface area contributed by atoms with Crippen LogP contribution >= 0.6 is 11.3 Å². The topological polar surface area (TPSA) is 105 Å². The van der Waals surface area contributed by atoms with Crippen LogP contribution in [0, 0.1) is 10.1 Å². The second kappa shape index (κ2) is 5.44. The molecule has 19 heavy (non-hydrogen) atoms. The van der Waals surface area contributed by atoms with E-state index in [0.717, 1.165) is 5.01 Å². The molecule has 0 saturated heterocycles. The summed E-state index contributed by atoms with van der Waals surface area (Å²) in [4.78, 5) is 25.0. The third kappa shape index (κ3) is 3.05. The van der Waals surface area contributed by atoms with Crippen molar-refractivity contribution < 1.29 is 14.8 Å². The van der Waals surface area contributed by atoms with Gasteiger partial charge in [-0.05, 0) is 12.1 Å². The van der Waals surface area contributed by atoms with Gasteiger partial charge in [-0.3, -0.25) is 10.1 Å². The number of aromatic nitrogens is 1. The Balaban J connectivity index is 2.20. The number of anilines is 1. The standard InChI is InChI=1S/C11H9N3O4S/c15-11(16)8-5-7(1-2-9(8)14(17)18)13-6-10-12-3-4-19-10/h1-5,13H,6H2,(H,15,16). The van der Waals surface area contributed by atoms with Crippen LogP contribution in [0.2, 0.25) is 0 Å². The summed E-state index contributed by atoms with van der Waals surface area (Å²) in [6, 6.07) is 3.89. The number of carbonyl (C=O) groups is 1. The van der Waals surface area contributed by atoms with Crippen LogP contribution in [-0.2, 0) is 6.54 Å². The van der Waals surface area contributed by atoms with Gasteiger partial charge in [0, 0.05) is 23.3 Å². The summed E-state index contributed by atoms with van der Waals surface area (Å²) in [5.41, 5.74) is -0.264. The number of carboxylic acids is 1. The summed E-state index contributed by atoms with van der Waals surface area (Å²) >= 11 is 1.46. The van der Waals surface area contributed by atoms with Gasteiger partial charge < -0.3 is 10.4 Å². The first-order chi connectivity index (χ1) is 9.08. The van der Waals surface area contributed by atoms with E-state index < -0.39 is 16.6 Å². The van der Waals surface area contributed by atoms with Crippen molar-refractivity contribution in [1.82, 2.24) is 4.98 Å². The van der Waals surface area contributed by atoms with E-state index in [2.05, 4.69) is 10.3 Å². The molecule has 2 N–H and O–H groups in total. The highest BCUT2D eigenvalue weighted by atomic mass is 32.1. The van der Waals surface area contributed by atoms with Gasteiger partial charge in [-0.1, -0.05) is 0 Å². The highest BCUT2D eigenvalue weighted by Gasteiger charge is 2.19. The molecule has 8 heteroatoms. The molecule has 0 bridgehead atoms. The number of hydrogen-bond acceptors (Lipinski definition) is 6. The van der Waals surface area contributed by atoms with Gasteiger partial charge in [0.05, 0.1) is 11.5 Å². The summed E-state index contributed by atoms with van der Waals surface area (Å²) in [7, 11) is 0. The molecule has 1 heterocycles. The normalized spacial score (nSPS) is 10.1. The maximum atomic E-state index is 11.0. The van der Waals surface area contributed by atoms with E-state index in [1.165, 1.54) is 29.5 Å². The molecule has 0 radical (unpaired) electrons. The Morgan fingerprint density at radius 1 is 1.53 bits per heavy atom. The van der Waals surface area contributed by atoms with E-state index in [0.29, 0.717) is 12.2 Å². The molecule has 0 aliphatic carbocycles. The third-order valence-electron chi connectivity index (χ3n) is 2.35. The number of nitro groups is 1. The smallest absolute Gasteiger partial charge is 0.342 e. The zero-order valence-electron chi connectivity index (χ0n) is 9.57. The number of carboxylic acid groups (broad SMARTS) is 1. The van der Waals surface area contributed by atoms with Gasteiger partial charge in [-0.2, -0.15) is 0 Å². The van der Waals surface area contributed by atoms with Crippen molar-refractivity contribution in [3.63, 3.8) is 0 Å². The minimum Gasteiger partial charge on any atom is -0.477 e. The van der Waals surface area contributed by atoms with Crippen molar-refractivity contribution in [1.29, 1.82) is 0 Å². The Morgan fingerprint density at radius 3 is 2.89 bits per heavy atom. The van der Waals surface area contributed by atoms with Crippen molar-refractivity contribution in [2.75, 3.05) is 5.32 Å². The number of aromatic carboxylic acids is 1. The predicted molar refractivity (Wildman–Crippen MR) is 69.5 cm³/mol. The number of nitrogens with one attached hydrogen (secondary N) is 1. The maximum Gasteiger partial charge on any atom is 0.342 e. The number of thiazole rings is 1. The SMILES string of the molecule is O=C(O)c1cc(NCc2nccs2)ccc1[N+](=O)[O-]. The average molecular weight is 279 g/mol. The van der Waals surface area contributed by atoms with E-state index >= 15 is 0 Å². The summed E-state index contributed by atoms with van der Waals surface area (Å²) in [6.07, 6.45) is 1.67. The van der Waals surface area contributed by atoms with Crippen LogP contribution in [-0.4, -0.2) is 21.0 Å². The fourth-order valence-corrected chi connectivity index (χ4v) is 2.05. The second-order valence-electron chi connectivity index (χ2n) is 3.57. The summed E-state index contributed by atoms with van der Waals surface area (Å²) in [5, 5.41) is 25.3. The Labute approximate surface area is 111 Å². The zero-order valence-corrected chi connectivity index (χ0v) is 10.4. The van der Waals surface area contributed by atoms with E-state index in [1.54, 1.807) is 6.20 Å². The lowest BCUT2D eigenvalue weighted by molar-refractivity contribution is -0.385. The monoisotopic (exact) mass is 279 g/mol. The molecule has 7 nitrogen and oxygen atoms in total. The molecule has 1 aromatic carbocycles. The third-order valence-corrected chi connectivity index (χ3v) is 3.13. The predicted octanol–water partition coefficient (Wildman–Crippen LogP) is 2.36. The molecule has 1 aromatic heterocycles. The molecular weight excluding hydrogens is 270 g/mol. The maximum absolute atomic E-state index is 11.0. The fraction of sp³-hybridized carbons (Fsp3) is 0.0909. The van der Waals surface area contributed by atoms with Crippen LogP contribution < -0.4 is 5.32 Å². The molecule has 0 saturated carbocycles. The van der Waals surface area contributed by atoms with Crippen molar-refractivity contribution >= 4 is 28.7 Å². The quantitative estimate of drug-likeness (QED) is 0.643. The Bertz CT molecular complexity index is 612. The highest BCUT2D eigenvalue weighted by molar-refractivity contribution is 7.09. The molecule has 98 valence electrons. The van der Waals surface area contributed by atoms with Crippen LogP contribution in [0.25, 0.3) is 0 Å². The largest absolute Gasteiger partial charge is 0.477 e. The van der Waals surface area contributed by atoms with Gasteiger partial charge >= 0.3 is 5.97 Å². The van der Waals surface area contributed by atoms with Crippen molar-refractivity contribution in [3.8, 4) is 0 Å². The number of nitro benzene ring substituents is 1. The lowest BCUT2D eigenvalue weighted by Crippen LogP contribution is -2.05. The highest BCUT2D eigenvalue weighted by Crippen LogP contribution is 2.23. The number of rotatable bonds is 5. The minimum absolute atomic E-state index is 0.339. The summed E-state index contributed by atoms with van der Waals surface area (Å²) in [6.45, 7) is 0.439. The molecular formula is C11H9N3O4S. The first-order valence-electron chi connectivity index (χ1n) is 5.22. The lowest BCUT2D eigenvalue weighted by atomic mass is 10.1. The van der Waals surface area contributed by atoms with Crippen LogP contribution in [0.5, 0.6) is 0 Å². The second-order valence-corrected chi connectivity index (χ2v) is 4.55. The van der Waals surface area contributed by atoms with E-state index in [1.807, 2.05) is 5.38 Å². The van der Waals surface area contributed by atoms with E-state index in [9.17, 15) is 14.9 Å². The van der Waals surface area contributed by atoms with Gasteiger partial charge in [-0.15, -0.1) is 11.3 Å². The van der Waals surface area contributed by atoms with Crippen LogP contribution in [0.3, 0.4) is 0 Å². The number of benzene rings is 1. The van der Waals surface area contributed by atoms with E-state index in [4.69, 9.17) is 5.11 Å². The molecule has 0 amide bonds. The molecule has 0 atom stereocenters. The Kier molecular flexibility index (Phi) is 3.71. The van der Waals surface area contributed by atoms with E-state index in [-0.39, 0.29) is 5.56 Å². The molecule has 2 aromatic rings. The molecule has 2 rings (SSSR count). The van der Waals surface area contributed by atoms with Crippen LogP contribution in [0.1, 0.15) is 15.4 Å². The molecule has 0 fully saturated rings. The van der Waals surface area contributed by atoms with Gasteiger partial charge in [0.2, 0.25) is 0 Å². The molecule has 0 aliphatic heterocycles. The van der Waals surface area contributed by atoms with Gasteiger partial charge in [0.1, 0.15) is 10.6 Å². The first kappa shape index (κ1) is 13.0. The number of nitrogens with zero attached hydrogens (tertiary/aromatic N) is 2. The lowest BCUT2D eigenvalue weighted by Gasteiger charge is -2.05. The first-order valence-corrected chi connectivity index (χ1v) is 6.10. The zero-order chi connectivity index (χ0) is 13.8. The Morgan fingerprint density at radius 2 is 2.32 bits per heavy atom. The molecule has 0 spiro atoms. The van der Waals surface area contributed by atoms with Crippen molar-refractivity contribution in [2.24, 2.45) is 0 Å². The van der Waals surface area contributed by atoms with Crippen LogP contribution in [0.4, 0.5) is 11.4 Å². The van der Waals surface area contributed by atoms with Crippen molar-refractivity contribution in [2.45, 2.75) is 6.54 Å². The van der Waals surface area contributed by atoms with Gasteiger partial charge in [0.25, 0.3) is 5.69 Å². The average Bonchev–Trinajstić information content (AvgIpc) is 2.88. The van der Waals surface area contributed by atoms with Gasteiger partial charge in [0.15, 0.2) is 0 Å². The summed E-state index contributed by atoms with van der Waals surface area (Å²) in [5.74, 6) is -1.33. The molecule has 0 unspecified atom stereocenters. The fourth-order valence-electron chi connectivity index (χ4n) is 1.49. The van der Waals surface area contributed by atoms with Gasteiger partial charge in [-0.25, -0.2) is 9.78 Å². The van der Waals surface area contributed by atoms with Crippen molar-refractivity contribution in [3.05, 3.63) is 50.5 Å². The number of hydrogen-bond donors (Lipinski definition) is 2. The Hall–Kier alpha value is -2.48. The van der Waals surface area contributed by atoms with Crippen LogP contribution in [0.15, 0.2) is 29.8 Å². The minimum atomic E-state index is -1.33.